The van der Waals surface area contributed by atoms with Crippen molar-refractivity contribution in [1.29, 1.82) is 0 Å². The molecule has 0 aromatic carbocycles. The maximum Gasteiger partial charge on any atom is 2.00 e. The maximum absolute atomic E-state index is 9.43. The molecule has 0 aliphatic rings. The van der Waals surface area contributed by atoms with E-state index in [1.54, 1.807) is 0 Å². The summed E-state index contributed by atoms with van der Waals surface area (Å²) in [7, 11) is 0. The topological polar surface area (TPSA) is 142 Å². The van der Waals surface area contributed by atoms with Crippen molar-refractivity contribution in [2.24, 2.45) is 0 Å². The summed E-state index contributed by atoms with van der Waals surface area (Å²) in [5.74, 6) is -2.62. The minimum Gasteiger partial charge on any atom is -0.693 e. The van der Waals surface area contributed by atoms with Gasteiger partial charge in [-0.15, -0.1) is 0 Å². The first kappa shape index (κ1) is 22.7. The van der Waals surface area contributed by atoms with Crippen LogP contribution < -0.4 is 0 Å². The van der Waals surface area contributed by atoms with Gasteiger partial charge >= 0.3 is 33.0 Å². The molecule has 10 heavy (non-hydrogen) atoms. The smallest absolute Gasteiger partial charge is 0.693 e. The van der Waals surface area contributed by atoms with Gasteiger partial charge in [0.15, 0.2) is 0 Å². The van der Waals surface area contributed by atoms with Gasteiger partial charge < -0.3 is 22.5 Å². The predicted molar refractivity (Wildman–Crippen MR) is 30.5 cm³/mol. The number of rotatable bonds is 2. The zero-order valence-electron chi connectivity index (χ0n) is 4.89. The fourth-order valence-electron chi connectivity index (χ4n) is 0.129. The molecule has 0 saturated carbocycles. The second-order valence-corrected chi connectivity index (χ2v) is 0.964. The van der Waals surface area contributed by atoms with E-state index >= 15 is 0 Å². The van der Waals surface area contributed by atoms with Crippen LogP contribution in [0.2, 0.25) is 0 Å². The summed E-state index contributed by atoms with van der Waals surface area (Å²) in [6, 6.07) is 0. The first-order valence-corrected chi connectivity index (χ1v) is 1.56. The normalized spacial score (nSPS) is 5.60. The molecule has 0 bridgehead atoms. The van der Waals surface area contributed by atoms with Crippen LogP contribution in [0.5, 0.6) is 0 Å². The summed E-state index contributed by atoms with van der Waals surface area (Å²) in [6.45, 7) is 0. The Bertz CT molecular complexity index is 94.7. The van der Waals surface area contributed by atoms with Gasteiger partial charge in [0.2, 0.25) is 0 Å². The summed E-state index contributed by atoms with van der Waals surface area (Å²) in [4.78, 5) is 18.9. The van der Waals surface area contributed by atoms with Gasteiger partial charge in [-0.1, -0.05) is 0 Å². The molecular weight excluding hydrogens is 323 g/mol. The third-order valence-corrected chi connectivity index (χ3v) is 0.302. The molecule has 0 radical (unpaired) electrons. The van der Waals surface area contributed by atoms with Crippen LogP contribution in [0.3, 0.4) is 0 Å². The Labute approximate surface area is 72.0 Å². The molecule has 0 heterocycles. The minimum absolute atomic E-state index is 0. The van der Waals surface area contributed by atoms with E-state index in [1.807, 2.05) is 0 Å². The number of carboxylic acid groups (broad SMARTS) is 2. The SMILES string of the molecule is O=C(O)CC(=O)O.[NH2-].[NH2-].[Pt+2]. The Morgan fingerprint density at radius 2 is 1.20 bits per heavy atom. The number of nitrogens with two attached hydrogens (primary N) is 2. The molecular formula is C3H8N2O4Pt. The van der Waals surface area contributed by atoms with Gasteiger partial charge in [0.1, 0.15) is 6.42 Å². The fraction of sp³-hybridized carbons (Fsp3) is 0.333. The molecule has 6 nitrogen and oxygen atoms in total. The van der Waals surface area contributed by atoms with Gasteiger partial charge in [-0.05, 0) is 0 Å². The second-order valence-electron chi connectivity index (χ2n) is 0.964. The van der Waals surface area contributed by atoms with Crippen molar-refractivity contribution >= 4 is 11.9 Å². The quantitative estimate of drug-likeness (QED) is 0.727. The van der Waals surface area contributed by atoms with Crippen LogP contribution in [0.4, 0.5) is 0 Å². The molecule has 0 aromatic heterocycles. The summed E-state index contributed by atoms with van der Waals surface area (Å²) in [5.41, 5.74) is 0. The predicted octanol–water partition coefficient (Wildman–Crippen LogP) is 0.977. The minimum atomic E-state index is -1.31. The Morgan fingerprint density at radius 1 is 1.00 bits per heavy atom. The summed E-state index contributed by atoms with van der Waals surface area (Å²) < 4.78 is 0. The molecule has 0 rings (SSSR count). The number of aliphatic carboxylic acids is 2. The van der Waals surface area contributed by atoms with E-state index < -0.39 is 18.4 Å². The second kappa shape index (κ2) is 11.4. The van der Waals surface area contributed by atoms with Crippen LogP contribution in [0.15, 0.2) is 0 Å². The average molecular weight is 331 g/mol. The van der Waals surface area contributed by atoms with Crippen LogP contribution in [0.1, 0.15) is 6.42 Å². The molecule has 0 fully saturated rings. The Hall–Kier alpha value is -0.452. The Balaban J connectivity index is -0.0000000600. The van der Waals surface area contributed by atoms with E-state index in [2.05, 4.69) is 0 Å². The van der Waals surface area contributed by atoms with Gasteiger partial charge in [0.05, 0.1) is 0 Å². The molecule has 0 aliphatic carbocycles. The van der Waals surface area contributed by atoms with Crippen molar-refractivity contribution < 1.29 is 40.9 Å². The Morgan fingerprint density at radius 3 is 1.20 bits per heavy atom. The first-order chi connectivity index (χ1) is 3.13. The van der Waals surface area contributed by atoms with Crippen LogP contribution in [0.25, 0.3) is 12.3 Å². The van der Waals surface area contributed by atoms with E-state index in [0.29, 0.717) is 0 Å². The molecule has 0 aromatic rings. The number of hydrogen-bond donors (Lipinski definition) is 2. The molecule has 64 valence electrons. The van der Waals surface area contributed by atoms with Gasteiger partial charge in [-0.25, -0.2) is 0 Å². The van der Waals surface area contributed by atoms with Gasteiger partial charge in [-0.2, -0.15) is 0 Å². The Kier molecular flexibility index (Phi) is 25.7. The van der Waals surface area contributed by atoms with E-state index in [-0.39, 0.29) is 33.4 Å². The van der Waals surface area contributed by atoms with Gasteiger partial charge in [0, 0.05) is 0 Å². The fourth-order valence-corrected chi connectivity index (χ4v) is 0.129. The van der Waals surface area contributed by atoms with Crippen molar-refractivity contribution in [3.8, 4) is 0 Å². The van der Waals surface area contributed by atoms with Crippen LogP contribution in [-0.4, -0.2) is 22.2 Å². The van der Waals surface area contributed by atoms with Crippen molar-refractivity contribution in [1.82, 2.24) is 0 Å². The van der Waals surface area contributed by atoms with Crippen LogP contribution >= 0.6 is 0 Å². The largest absolute Gasteiger partial charge is 2.00 e. The maximum atomic E-state index is 9.43. The summed E-state index contributed by atoms with van der Waals surface area (Å²) in [6.07, 6.45) is -0.806. The average Bonchev–Trinajstić information content (AvgIpc) is 1.27. The molecule has 0 aliphatic heterocycles. The zero-order chi connectivity index (χ0) is 5.86. The monoisotopic (exact) mass is 331 g/mol. The van der Waals surface area contributed by atoms with Gasteiger partial charge in [0.25, 0.3) is 0 Å². The number of carboxylic acids is 2. The zero-order valence-corrected chi connectivity index (χ0v) is 7.16. The standard InChI is InChI=1S/C3H4O4.2H2N.Pt/c4-2(5)1-3(6)7;;;/h1H2,(H,4,5)(H,6,7);2*1H2;/q;2*-1;+2. The van der Waals surface area contributed by atoms with E-state index in [0.717, 1.165) is 0 Å². The third kappa shape index (κ3) is 25.7. The van der Waals surface area contributed by atoms with E-state index in [4.69, 9.17) is 10.2 Å². The van der Waals surface area contributed by atoms with Crippen LogP contribution in [-0.2, 0) is 30.7 Å². The van der Waals surface area contributed by atoms with Gasteiger partial charge in [-0.3, -0.25) is 9.59 Å². The van der Waals surface area contributed by atoms with Crippen molar-refractivity contribution in [2.75, 3.05) is 0 Å². The molecule has 0 saturated heterocycles. The molecule has 6 N–H and O–H groups in total. The van der Waals surface area contributed by atoms with E-state index in [9.17, 15) is 9.59 Å². The molecule has 7 heteroatoms. The van der Waals surface area contributed by atoms with Crippen LogP contribution in [0, 0.1) is 0 Å². The number of carbonyl (C=O) groups is 2. The molecule has 0 amide bonds. The molecule has 0 atom stereocenters. The number of hydrogen-bond acceptors (Lipinski definition) is 2. The van der Waals surface area contributed by atoms with E-state index in [1.165, 1.54) is 0 Å². The first-order valence-electron chi connectivity index (χ1n) is 1.56. The summed E-state index contributed by atoms with van der Waals surface area (Å²) in [5, 5.41) is 15.4. The molecule has 0 spiro atoms. The summed E-state index contributed by atoms with van der Waals surface area (Å²) >= 11 is 0. The third-order valence-electron chi connectivity index (χ3n) is 0.302. The van der Waals surface area contributed by atoms with Crippen molar-refractivity contribution in [3.63, 3.8) is 0 Å². The van der Waals surface area contributed by atoms with Crippen molar-refractivity contribution in [3.05, 3.63) is 12.3 Å². The molecule has 0 unspecified atom stereocenters. The van der Waals surface area contributed by atoms with Crippen molar-refractivity contribution in [2.45, 2.75) is 6.42 Å².